The molecule has 0 aromatic heterocycles. The third-order valence-corrected chi connectivity index (χ3v) is 2.16. The van der Waals surface area contributed by atoms with Gasteiger partial charge in [0.2, 0.25) is 0 Å². The van der Waals surface area contributed by atoms with Gasteiger partial charge in [-0.05, 0) is 38.9 Å². The van der Waals surface area contributed by atoms with Crippen molar-refractivity contribution < 1.29 is 0 Å². The predicted octanol–water partition coefficient (Wildman–Crippen LogP) is 4.32. The van der Waals surface area contributed by atoms with Gasteiger partial charge in [0.25, 0.3) is 0 Å². The highest BCUT2D eigenvalue weighted by atomic mass is 15.1. The van der Waals surface area contributed by atoms with Gasteiger partial charge in [-0.15, -0.1) is 0 Å². The zero-order chi connectivity index (χ0) is 11.2. The Morgan fingerprint density at radius 3 is 1.50 bits per heavy atom. The van der Waals surface area contributed by atoms with Crippen LogP contribution in [-0.4, -0.2) is 24.5 Å². The van der Waals surface area contributed by atoms with E-state index in [-0.39, 0.29) is 0 Å². The zero-order valence-electron chi connectivity index (χ0n) is 11.1. The fourth-order valence-electron chi connectivity index (χ4n) is 1.55. The van der Waals surface area contributed by atoms with E-state index < -0.39 is 0 Å². The number of unbranched alkanes of at least 4 members (excludes halogenated alkanes) is 2. The molecule has 0 rings (SSSR count). The van der Waals surface area contributed by atoms with E-state index in [1.165, 1.54) is 51.7 Å². The molecule has 0 amide bonds. The molecule has 0 fully saturated rings. The molecule has 0 aromatic rings. The summed E-state index contributed by atoms with van der Waals surface area (Å²) in [7, 11) is 0. The molecular formula is C13H31N. The maximum atomic E-state index is 2.59. The minimum atomic E-state index is 1.29. The van der Waals surface area contributed by atoms with Crippen LogP contribution < -0.4 is 0 Å². The first-order valence-electron chi connectivity index (χ1n) is 6.57. The topological polar surface area (TPSA) is 3.24 Å². The first kappa shape index (κ1) is 16.4. The van der Waals surface area contributed by atoms with Gasteiger partial charge in [-0.3, -0.25) is 0 Å². The first-order chi connectivity index (χ1) is 6.85. The molecule has 0 aliphatic heterocycles. The standard InChI is InChI=1S/C11H25N.C2H6/c1-4-7-8-11-12(9-5-2)10-6-3;1-2/h4-11H2,1-3H3;1-2H3. The van der Waals surface area contributed by atoms with Gasteiger partial charge in [0.1, 0.15) is 0 Å². The van der Waals surface area contributed by atoms with E-state index in [1.54, 1.807) is 0 Å². The molecule has 0 saturated heterocycles. The third-order valence-electron chi connectivity index (χ3n) is 2.16. The Bertz CT molecular complexity index is 75.3. The van der Waals surface area contributed by atoms with E-state index in [0.29, 0.717) is 0 Å². The average molecular weight is 201 g/mol. The second-order valence-corrected chi connectivity index (χ2v) is 3.55. The van der Waals surface area contributed by atoms with Crippen molar-refractivity contribution in [2.75, 3.05) is 19.6 Å². The largest absolute Gasteiger partial charge is 0.303 e. The molecule has 0 radical (unpaired) electrons. The summed E-state index contributed by atoms with van der Waals surface area (Å²) in [6.07, 6.45) is 6.71. The average Bonchev–Trinajstić information content (AvgIpc) is 2.22. The molecule has 0 N–H and O–H groups in total. The molecule has 0 aliphatic carbocycles. The van der Waals surface area contributed by atoms with Crippen LogP contribution in [-0.2, 0) is 0 Å². The van der Waals surface area contributed by atoms with Crippen LogP contribution in [0.2, 0.25) is 0 Å². The van der Waals surface area contributed by atoms with Crippen LogP contribution in [0, 0.1) is 0 Å². The van der Waals surface area contributed by atoms with Crippen molar-refractivity contribution in [3.63, 3.8) is 0 Å². The van der Waals surface area contributed by atoms with Crippen LogP contribution in [0.25, 0.3) is 0 Å². The lowest BCUT2D eigenvalue weighted by Gasteiger charge is -2.20. The Hall–Kier alpha value is -0.0400. The molecule has 1 nitrogen and oxygen atoms in total. The van der Waals surface area contributed by atoms with Gasteiger partial charge < -0.3 is 4.90 Å². The normalized spacial score (nSPS) is 9.86. The summed E-state index contributed by atoms with van der Waals surface area (Å²) in [6.45, 7) is 14.7. The van der Waals surface area contributed by atoms with Gasteiger partial charge in [-0.2, -0.15) is 0 Å². The van der Waals surface area contributed by atoms with Crippen LogP contribution in [0.1, 0.15) is 66.7 Å². The van der Waals surface area contributed by atoms with Crippen molar-refractivity contribution in [3.8, 4) is 0 Å². The molecule has 0 heterocycles. The Morgan fingerprint density at radius 1 is 0.643 bits per heavy atom. The van der Waals surface area contributed by atoms with Crippen molar-refractivity contribution in [3.05, 3.63) is 0 Å². The van der Waals surface area contributed by atoms with E-state index in [1.807, 2.05) is 13.8 Å². The van der Waals surface area contributed by atoms with E-state index >= 15 is 0 Å². The highest BCUT2D eigenvalue weighted by molar-refractivity contribution is 4.55. The van der Waals surface area contributed by atoms with Crippen molar-refractivity contribution >= 4 is 0 Å². The number of hydrogen-bond donors (Lipinski definition) is 0. The molecule has 14 heavy (non-hydrogen) atoms. The van der Waals surface area contributed by atoms with Crippen molar-refractivity contribution in [1.82, 2.24) is 4.90 Å². The maximum absolute atomic E-state index is 2.59. The minimum Gasteiger partial charge on any atom is -0.303 e. The Kier molecular flexibility index (Phi) is 18.1. The molecule has 0 saturated carbocycles. The number of hydrogen-bond acceptors (Lipinski definition) is 1. The summed E-state index contributed by atoms with van der Waals surface area (Å²) in [5.74, 6) is 0. The van der Waals surface area contributed by atoms with Gasteiger partial charge >= 0.3 is 0 Å². The van der Waals surface area contributed by atoms with Gasteiger partial charge in [-0.25, -0.2) is 0 Å². The lowest BCUT2D eigenvalue weighted by Crippen LogP contribution is -2.26. The van der Waals surface area contributed by atoms with Crippen LogP contribution in [0.5, 0.6) is 0 Å². The second kappa shape index (κ2) is 15.4. The Labute approximate surface area is 91.9 Å². The molecule has 0 atom stereocenters. The molecule has 0 aliphatic rings. The molecular weight excluding hydrogens is 170 g/mol. The summed E-state index contributed by atoms with van der Waals surface area (Å²) < 4.78 is 0. The lowest BCUT2D eigenvalue weighted by molar-refractivity contribution is 0.269. The summed E-state index contributed by atoms with van der Waals surface area (Å²) in [4.78, 5) is 2.59. The summed E-state index contributed by atoms with van der Waals surface area (Å²) in [6, 6.07) is 0. The van der Waals surface area contributed by atoms with Crippen LogP contribution in [0.4, 0.5) is 0 Å². The number of nitrogens with zero attached hydrogens (tertiary/aromatic N) is 1. The Morgan fingerprint density at radius 2 is 1.14 bits per heavy atom. The highest BCUT2D eigenvalue weighted by Gasteiger charge is 2.00. The highest BCUT2D eigenvalue weighted by Crippen LogP contribution is 2.00. The zero-order valence-corrected chi connectivity index (χ0v) is 11.1. The predicted molar refractivity (Wildman–Crippen MR) is 67.9 cm³/mol. The van der Waals surface area contributed by atoms with E-state index in [9.17, 15) is 0 Å². The fourth-order valence-corrected chi connectivity index (χ4v) is 1.55. The Balaban J connectivity index is 0. The summed E-state index contributed by atoms with van der Waals surface area (Å²) >= 11 is 0. The van der Waals surface area contributed by atoms with Crippen LogP contribution in [0.15, 0.2) is 0 Å². The minimum absolute atomic E-state index is 1.29. The third kappa shape index (κ3) is 12.0. The first-order valence-corrected chi connectivity index (χ1v) is 6.57. The molecule has 1 heteroatoms. The summed E-state index contributed by atoms with van der Waals surface area (Å²) in [5.41, 5.74) is 0. The van der Waals surface area contributed by atoms with Gasteiger partial charge in [0.15, 0.2) is 0 Å². The molecule has 88 valence electrons. The summed E-state index contributed by atoms with van der Waals surface area (Å²) in [5, 5.41) is 0. The van der Waals surface area contributed by atoms with Gasteiger partial charge in [0, 0.05) is 0 Å². The fraction of sp³-hybridized carbons (Fsp3) is 1.00. The SMILES string of the molecule is CC.CCCCCN(CCC)CCC. The molecule has 0 unspecified atom stereocenters. The van der Waals surface area contributed by atoms with Gasteiger partial charge in [-0.1, -0.05) is 47.5 Å². The molecule has 0 bridgehead atoms. The quantitative estimate of drug-likeness (QED) is 0.528. The van der Waals surface area contributed by atoms with Gasteiger partial charge in [0.05, 0.1) is 0 Å². The van der Waals surface area contributed by atoms with E-state index in [4.69, 9.17) is 0 Å². The van der Waals surface area contributed by atoms with Crippen LogP contribution in [0.3, 0.4) is 0 Å². The second-order valence-electron chi connectivity index (χ2n) is 3.55. The monoisotopic (exact) mass is 201 g/mol. The molecule has 0 spiro atoms. The molecule has 0 aromatic carbocycles. The number of rotatable bonds is 8. The maximum Gasteiger partial charge on any atom is -0.00187 e. The lowest BCUT2D eigenvalue weighted by atomic mass is 10.2. The van der Waals surface area contributed by atoms with Crippen molar-refractivity contribution in [1.29, 1.82) is 0 Å². The van der Waals surface area contributed by atoms with Crippen LogP contribution >= 0.6 is 0 Å². The van der Waals surface area contributed by atoms with E-state index in [0.717, 1.165) is 0 Å². The van der Waals surface area contributed by atoms with Crippen molar-refractivity contribution in [2.45, 2.75) is 66.7 Å². The van der Waals surface area contributed by atoms with Crippen molar-refractivity contribution in [2.24, 2.45) is 0 Å². The smallest absolute Gasteiger partial charge is 0.00187 e. The van der Waals surface area contributed by atoms with E-state index in [2.05, 4.69) is 25.7 Å².